The molecular formula is C12H13NO. The second-order valence-electron chi connectivity index (χ2n) is 3.53. The SMILES string of the molecule is C[C@H](CO)c1cccc2cnccc12. The third kappa shape index (κ3) is 1.49. The first-order chi connectivity index (χ1) is 6.83. The lowest BCUT2D eigenvalue weighted by Crippen LogP contribution is -1.99. The molecule has 1 N–H and O–H groups in total. The largest absolute Gasteiger partial charge is 0.396 e. The number of aliphatic hydroxyl groups excluding tert-OH is 1. The van der Waals surface area contributed by atoms with Crippen molar-refractivity contribution in [2.45, 2.75) is 12.8 Å². The fraction of sp³-hybridized carbons (Fsp3) is 0.250. The second-order valence-corrected chi connectivity index (χ2v) is 3.53. The topological polar surface area (TPSA) is 33.1 Å². The van der Waals surface area contributed by atoms with Gasteiger partial charge in [0.05, 0.1) is 0 Å². The van der Waals surface area contributed by atoms with E-state index in [-0.39, 0.29) is 12.5 Å². The van der Waals surface area contributed by atoms with Crippen LogP contribution in [0, 0.1) is 0 Å². The average Bonchev–Trinajstić information content (AvgIpc) is 2.27. The highest BCUT2D eigenvalue weighted by Crippen LogP contribution is 2.24. The first kappa shape index (κ1) is 9.16. The zero-order chi connectivity index (χ0) is 9.97. The van der Waals surface area contributed by atoms with Gasteiger partial charge in [-0.1, -0.05) is 25.1 Å². The third-order valence-electron chi connectivity index (χ3n) is 2.52. The van der Waals surface area contributed by atoms with E-state index in [4.69, 9.17) is 5.11 Å². The van der Waals surface area contributed by atoms with E-state index in [2.05, 4.69) is 11.1 Å². The Morgan fingerprint density at radius 3 is 3.00 bits per heavy atom. The molecule has 0 amide bonds. The van der Waals surface area contributed by atoms with E-state index in [0.717, 1.165) is 5.39 Å². The molecule has 0 radical (unpaired) electrons. The lowest BCUT2D eigenvalue weighted by molar-refractivity contribution is 0.273. The molecular weight excluding hydrogens is 174 g/mol. The van der Waals surface area contributed by atoms with Crippen molar-refractivity contribution in [2.75, 3.05) is 6.61 Å². The Hall–Kier alpha value is -1.41. The van der Waals surface area contributed by atoms with Crippen LogP contribution in [-0.4, -0.2) is 16.7 Å². The molecule has 2 rings (SSSR count). The van der Waals surface area contributed by atoms with Gasteiger partial charge in [0.2, 0.25) is 0 Å². The van der Waals surface area contributed by atoms with Crippen molar-refractivity contribution in [1.82, 2.24) is 4.98 Å². The van der Waals surface area contributed by atoms with Crippen molar-refractivity contribution in [3.05, 3.63) is 42.2 Å². The summed E-state index contributed by atoms with van der Waals surface area (Å²) in [6, 6.07) is 8.10. The van der Waals surface area contributed by atoms with Gasteiger partial charge in [-0.05, 0) is 17.0 Å². The van der Waals surface area contributed by atoms with Gasteiger partial charge in [0.1, 0.15) is 0 Å². The van der Waals surface area contributed by atoms with Crippen molar-refractivity contribution >= 4 is 10.8 Å². The number of hydrogen-bond acceptors (Lipinski definition) is 2. The maximum atomic E-state index is 9.13. The fourth-order valence-electron chi connectivity index (χ4n) is 1.68. The summed E-state index contributed by atoms with van der Waals surface area (Å²) in [5.74, 6) is 0.182. The Kier molecular flexibility index (Phi) is 2.46. The fourth-order valence-corrected chi connectivity index (χ4v) is 1.68. The molecule has 0 saturated carbocycles. The van der Waals surface area contributed by atoms with Crippen LogP contribution in [0.2, 0.25) is 0 Å². The van der Waals surface area contributed by atoms with Crippen LogP contribution in [0.5, 0.6) is 0 Å². The second kappa shape index (κ2) is 3.76. The summed E-state index contributed by atoms with van der Waals surface area (Å²) in [5.41, 5.74) is 1.19. The number of nitrogens with zero attached hydrogens (tertiary/aromatic N) is 1. The minimum atomic E-state index is 0.182. The van der Waals surface area contributed by atoms with Crippen LogP contribution >= 0.6 is 0 Å². The predicted molar refractivity (Wildman–Crippen MR) is 57.2 cm³/mol. The minimum absolute atomic E-state index is 0.182. The zero-order valence-electron chi connectivity index (χ0n) is 8.14. The Labute approximate surface area is 83.2 Å². The summed E-state index contributed by atoms with van der Waals surface area (Å²) < 4.78 is 0. The van der Waals surface area contributed by atoms with E-state index in [1.165, 1.54) is 10.9 Å². The predicted octanol–water partition coefficient (Wildman–Crippen LogP) is 2.33. The zero-order valence-corrected chi connectivity index (χ0v) is 8.14. The van der Waals surface area contributed by atoms with Gasteiger partial charge in [0.25, 0.3) is 0 Å². The normalized spacial score (nSPS) is 13.0. The number of fused-ring (bicyclic) bond motifs is 1. The number of aromatic nitrogens is 1. The highest BCUT2D eigenvalue weighted by atomic mass is 16.3. The van der Waals surface area contributed by atoms with Crippen molar-refractivity contribution in [1.29, 1.82) is 0 Å². The van der Waals surface area contributed by atoms with Gasteiger partial charge in [0, 0.05) is 30.3 Å². The molecule has 2 heteroatoms. The molecule has 1 aromatic heterocycles. The lowest BCUT2D eigenvalue weighted by Gasteiger charge is -2.11. The van der Waals surface area contributed by atoms with Crippen LogP contribution in [0.3, 0.4) is 0 Å². The van der Waals surface area contributed by atoms with Gasteiger partial charge in [-0.15, -0.1) is 0 Å². The molecule has 0 spiro atoms. The lowest BCUT2D eigenvalue weighted by atomic mass is 9.96. The van der Waals surface area contributed by atoms with E-state index in [1.807, 2.05) is 31.3 Å². The van der Waals surface area contributed by atoms with Crippen LogP contribution in [0.1, 0.15) is 18.4 Å². The summed E-state index contributed by atoms with van der Waals surface area (Å²) in [6.45, 7) is 2.20. The van der Waals surface area contributed by atoms with Gasteiger partial charge in [-0.2, -0.15) is 0 Å². The molecule has 0 unspecified atom stereocenters. The summed E-state index contributed by atoms with van der Waals surface area (Å²) >= 11 is 0. The Morgan fingerprint density at radius 1 is 1.36 bits per heavy atom. The molecule has 1 atom stereocenters. The van der Waals surface area contributed by atoms with Gasteiger partial charge < -0.3 is 5.11 Å². The summed E-state index contributed by atoms with van der Waals surface area (Å²) in [5, 5.41) is 11.4. The molecule has 0 aliphatic carbocycles. The van der Waals surface area contributed by atoms with Crippen LogP contribution in [0.4, 0.5) is 0 Å². The number of aliphatic hydroxyl groups is 1. The number of pyridine rings is 1. The summed E-state index contributed by atoms with van der Waals surface area (Å²) in [4.78, 5) is 4.08. The average molecular weight is 187 g/mol. The Morgan fingerprint density at radius 2 is 2.21 bits per heavy atom. The number of hydrogen-bond donors (Lipinski definition) is 1. The van der Waals surface area contributed by atoms with Crippen LogP contribution in [-0.2, 0) is 0 Å². The van der Waals surface area contributed by atoms with Gasteiger partial charge in [0.15, 0.2) is 0 Å². The van der Waals surface area contributed by atoms with E-state index in [1.54, 1.807) is 6.20 Å². The quantitative estimate of drug-likeness (QED) is 0.782. The van der Waals surface area contributed by atoms with Crippen LogP contribution < -0.4 is 0 Å². The molecule has 2 nitrogen and oxygen atoms in total. The van der Waals surface area contributed by atoms with Crippen molar-refractivity contribution in [3.8, 4) is 0 Å². The van der Waals surface area contributed by atoms with Crippen molar-refractivity contribution in [3.63, 3.8) is 0 Å². The Balaban J connectivity index is 2.65. The molecule has 0 bridgehead atoms. The molecule has 0 fully saturated rings. The minimum Gasteiger partial charge on any atom is -0.396 e. The first-order valence-corrected chi connectivity index (χ1v) is 4.76. The van der Waals surface area contributed by atoms with E-state index in [0.29, 0.717) is 0 Å². The van der Waals surface area contributed by atoms with Gasteiger partial charge in [-0.25, -0.2) is 0 Å². The Bertz CT molecular complexity index is 434. The van der Waals surface area contributed by atoms with Crippen LogP contribution in [0.25, 0.3) is 10.8 Å². The van der Waals surface area contributed by atoms with Crippen molar-refractivity contribution < 1.29 is 5.11 Å². The smallest absolute Gasteiger partial charge is 0.0497 e. The standard InChI is InChI=1S/C12H13NO/c1-9(8-14)11-4-2-3-10-7-13-6-5-12(10)11/h2-7,9,14H,8H2,1H3/t9-/m1/s1. The van der Waals surface area contributed by atoms with E-state index < -0.39 is 0 Å². The molecule has 72 valence electrons. The summed E-state index contributed by atoms with van der Waals surface area (Å²) in [7, 11) is 0. The van der Waals surface area contributed by atoms with Crippen molar-refractivity contribution in [2.24, 2.45) is 0 Å². The first-order valence-electron chi connectivity index (χ1n) is 4.76. The molecule has 0 aliphatic heterocycles. The molecule has 14 heavy (non-hydrogen) atoms. The van der Waals surface area contributed by atoms with E-state index in [9.17, 15) is 0 Å². The molecule has 0 aliphatic rings. The maximum Gasteiger partial charge on any atom is 0.0497 e. The highest BCUT2D eigenvalue weighted by molar-refractivity contribution is 5.85. The van der Waals surface area contributed by atoms with E-state index >= 15 is 0 Å². The highest BCUT2D eigenvalue weighted by Gasteiger charge is 2.07. The van der Waals surface area contributed by atoms with Crippen LogP contribution in [0.15, 0.2) is 36.7 Å². The van der Waals surface area contributed by atoms with Gasteiger partial charge >= 0.3 is 0 Å². The molecule has 1 heterocycles. The molecule has 0 saturated heterocycles. The summed E-state index contributed by atoms with van der Waals surface area (Å²) in [6.07, 6.45) is 3.64. The third-order valence-corrected chi connectivity index (χ3v) is 2.52. The maximum absolute atomic E-state index is 9.13. The molecule has 2 aromatic rings. The van der Waals surface area contributed by atoms with Gasteiger partial charge in [-0.3, -0.25) is 4.98 Å². The number of rotatable bonds is 2. The molecule has 1 aromatic carbocycles. The number of benzene rings is 1. The monoisotopic (exact) mass is 187 g/mol.